The lowest BCUT2D eigenvalue weighted by Gasteiger charge is -2.04. The summed E-state index contributed by atoms with van der Waals surface area (Å²) in [5.41, 5.74) is 10.8. The minimum Gasteiger partial charge on any atom is -0.481 e. The van der Waals surface area contributed by atoms with Crippen LogP contribution in [0.4, 0.5) is 0 Å². The first-order valence-corrected chi connectivity index (χ1v) is 7.84. The van der Waals surface area contributed by atoms with Gasteiger partial charge >= 0.3 is 5.97 Å². The topological polar surface area (TPSA) is 116 Å². The van der Waals surface area contributed by atoms with Gasteiger partial charge in [0.1, 0.15) is 5.84 Å². The quantitative estimate of drug-likeness (QED) is 0.409. The van der Waals surface area contributed by atoms with Gasteiger partial charge in [-0.2, -0.15) is 5.10 Å². The second-order valence-electron chi connectivity index (χ2n) is 5.74. The highest BCUT2D eigenvalue weighted by atomic mass is 16.4. The molecule has 0 saturated carbocycles. The van der Waals surface area contributed by atoms with Gasteiger partial charge in [0.2, 0.25) is 0 Å². The van der Waals surface area contributed by atoms with Gasteiger partial charge in [-0.15, -0.1) is 0 Å². The van der Waals surface area contributed by atoms with Crippen LogP contribution in [0, 0.1) is 5.41 Å². The van der Waals surface area contributed by atoms with Crippen LogP contribution in [0.25, 0.3) is 22.4 Å². The first-order valence-electron chi connectivity index (χ1n) is 7.84. The number of nitrogens with zero attached hydrogens (tertiary/aromatic N) is 1. The van der Waals surface area contributed by atoms with Crippen LogP contribution < -0.4 is 5.73 Å². The normalized spacial score (nSPS) is 10.6. The molecule has 25 heavy (non-hydrogen) atoms. The number of nitrogens with one attached hydrogen (secondary N) is 2. The third-order valence-corrected chi connectivity index (χ3v) is 3.95. The van der Waals surface area contributed by atoms with Crippen LogP contribution >= 0.6 is 0 Å². The summed E-state index contributed by atoms with van der Waals surface area (Å²) in [4.78, 5) is 10.6. The maximum absolute atomic E-state index is 10.6. The number of nitrogen functional groups attached to an aromatic ring is 1. The van der Waals surface area contributed by atoms with Crippen molar-refractivity contribution >= 4 is 11.8 Å². The fraction of sp³-hybridized carbons (Fsp3) is 0.105. The molecule has 5 N–H and O–H groups in total. The summed E-state index contributed by atoms with van der Waals surface area (Å²) in [6.45, 7) is 0. The van der Waals surface area contributed by atoms with Crippen molar-refractivity contribution in [2.75, 3.05) is 0 Å². The summed E-state index contributed by atoms with van der Waals surface area (Å²) in [7, 11) is 0. The molecule has 0 unspecified atom stereocenters. The molecular weight excluding hydrogens is 316 g/mol. The van der Waals surface area contributed by atoms with Gasteiger partial charge in [0.15, 0.2) is 0 Å². The van der Waals surface area contributed by atoms with Crippen LogP contribution in [0.2, 0.25) is 0 Å². The Balaban J connectivity index is 1.76. The van der Waals surface area contributed by atoms with Gasteiger partial charge < -0.3 is 10.8 Å². The smallest absolute Gasteiger partial charge is 0.303 e. The molecule has 2 aromatic carbocycles. The van der Waals surface area contributed by atoms with E-state index < -0.39 is 5.97 Å². The minimum atomic E-state index is -0.823. The number of carboxylic acids is 1. The Kier molecular flexibility index (Phi) is 4.61. The first kappa shape index (κ1) is 16.4. The van der Waals surface area contributed by atoms with Crippen molar-refractivity contribution in [2.45, 2.75) is 12.8 Å². The second-order valence-corrected chi connectivity index (χ2v) is 5.74. The van der Waals surface area contributed by atoms with E-state index >= 15 is 0 Å². The Bertz CT molecular complexity index is 896. The van der Waals surface area contributed by atoms with E-state index in [1.165, 1.54) is 0 Å². The fourth-order valence-corrected chi connectivity index (χ4v) is 2.55. The molecule has 0 radical (unpaired) electrons. The molecule has 0 atom stereocenters. The minimum absolute atomic E-state index is 0.0548. The second kappa shape index (κ2) is 7.00. The van der Waals surface area contributed by atoms with Crippen LogP contribution in [-0.2, 0) is 11.2 Å². The molecule has 126 valence electrons. The van der Waals surface area contributed by atoms with Gasteiger partial charge in [-0.05, 0) is 23.6 Å². The van der Waals surface area contributed by atoms with Crippen LogP contribution in [-0.4, -0.2) is 27.1 Å². The number of benzene rings is 2. The number of amidine groups is 1. The number of hydrogen-bond donors (Lipinski definition) is 4. The highest BCUT2D eigenvalue weighted by molar-refractivity contribution is 5.95. The van der Waals surface area contributed by atoms with Crippen LogP contribution in [0.5, 0.6) is 0 Å². The van der Waals surface area contributed by atoms with Crippen molar-refractivity contribution < 1.29 is 9.90 Å². The van der Waals surface area contributed by atoms with Gasteiger partial charge in [-0.1, -0.05) is 48.5 Å². The summed E-state index contributed by atoms with van der Waals surface area (Å²) < 4.78 is 0. The zero-order valence-corrected chi connectivity index (χ0v) is 13.5. The average molecular weight is 334 g/mol. The molecule has 0 bridgehead atoms. The van der Waals surface area contributed by atoms with E-state index in [0.29, 0.717) is 12.0 Å². The molecule has 6 heteroatoms. The van der Waals surface area contributed by atoms with Crippen LogP contribution in [0.3, 0.4) is 0 Å². The van der Waals surface area contributed by atoms with Gasteiger partial charge in [-0.3, -0.25) is 15.3 Å². The van der Waals surface area contributed by atoms with Crippen molar-refractivity contribution in [3.8, 4) is 22.4 Å². The lowest BCUT2D eigenvalue weighted by Crippen LogP contribution is -2.10. The molecule has 0 aliphatic heterocycles. The number of rotatable bonds is 6. The number of aryl methyl sites for hydroxylation is 1. The molecule has 1 heterocycles. The number of aromatic nitrogens is 2. The maximum Gasteiger partial charge on any atom is 0.303 e. The Morgan fingerprint density at radius 1 is 1.04 bits per heavy atom. The lowest BCUT2D eigenvalue weighted by atomic mass is 10.0. The first-order chi connectivity index (χ1) is 12.0. The third kappa shape index (κ3) is 3.92. The molecule has 6 nitrogen and oxygen atoms in total. The van der Waals surface area contributed by atoms with E-state index in [-0.39, 0.29) is 12.3 Å². The summed E-state index contributed by atoms with van der Waals surface area (Å²) in [6.07, 6.45) is 0.514. The highest BCUT2D eigenvalue weighted by Gasteiger charge is 2.07. The molecule has 0 spiro atoms. The van der Waals surface area contributed by atoms with Gasteiger partial charge in [0, 0.05) is 16.8 Å². The van der Waals surface area contributed by atoms with Gasteiger partial charge in [-0.25, -0.2) is 0 Å². The maximum atomic E-state index is 10.6. The summed E-state index contributed by atoms with van der Waals surface area (Å²) in [6, 6.07) is 17.4. The average Bonchev–Trinajstić information content (AvgIpc) is 3.09. The predicted molar refractivity (Wildman–Crippen MR) is 96.4 cm³/mol. The summed E-state index contributed by atoms with van der Waals surface area (Å²) in [5, 5.41) is 23.3. The van der Waals surface area contributed by atoms with E-state index in [4.69, 9.17) is 16.2 Å². The standard InChI is InChI=1S/C19H18N4O2/c20-19(21)15-7-3-13(4-8-15)12-1-5-14(6-2-12)17-11-16(22-23-17)9-10-18(24)25/h1-8,11H,9-10H2,(H3,20,21)(H,22,23)(H,24,25). The van der Waals surface area contributed by atoms with Crippen LogP contribution in [0.15, 0.2) is 54.6 Å². The molecule has 3 aromatic rings. The zero-order valence-electron chi connectivity index (χ0n) is 13.5. The molecule has 3 rings (SSSR count). The molecular formula is C19H18N4O2. The number of carbonyl (C=O) groups is 1. The van der Waals surface area contributed by atoms with Gasteiger partial charge in [0.05, 0.1) is 12.1 Å². The van der Waals surface area contributed by atoms with Crippen LogP contribution in [0.1, 0.15) is 17.7 Å². The molecule has 1 aromatic heterocycles. The van der Waals surface area contributed by atoms with Gasteiger partial charge in [0.25, 0.3) is 0 Å². The molecule has 0 fully saturated rings. The lowest BCUT2D eigenvalue weighted by molar-refractivity contribution is -0.136. The number of nitrogens with two attached hydrogens (primary N) is 1. The fourth-order valence-electron chi connectivity index (χ4n) is 2.55. The zero-order chi connectivity index (χ0) is 17.8. The number of aliphatic carboxylic acids is 1. The largest absolute Gasteiger partial charge is 0.481 e. The third-order valence-electron chi connectivity index (χ3n) is 3.95. The number of carboxylic acid groups (broad SMARTS) is 1. The summed E-state index contributed by atoms with van der Waals surface area (Å²) >= 11 is 0. The van der Waals surface area contributed by atoms with Crippen molar-refractivity contribution in [1.29, 1.82) is 5.41 Å². The number of aromatic amines is 1. The highest BCUT2D eigenvalue weighted by Crippen LogP contribution is 2.24. The number of hydrogen-bond acceptors (Lipinski definition) is 3. The molecule has 0 saturated heterocycles. The predicted octanol–water partition coefficient (Wildman–Crippen LogP) is 3.04. The Hall–Kier alpha value is -3.41. The number of H-pyrrole nitrogens is 1. The van der Waals surface area contributed by atoms with Crippen molar-refractivity contribution in [2.24, 2.45) is 5.73 Å². The van der Waals surface area contributed by atoms with E-state index in [2.05, 4.69) is 10.2 Å². The van der Waals surface area contributed by atoms with E-state index in [1.807, 2.05) is 54.6 Å². The van der Waals surface area contributed by atoms with Crippen molar-refractivity contribution in [1.82, 2.24) is 10.2 Å². The Labute approximate surface area is 144 Å². The van der Waals surface area contributed by atoms with E-state index in [1.54, 1.807) is 0 Å². The Morgan fingerprint density at radius 3 is 2.16 bits per heavy atom. The molecule has 0 aliphatic carbocycles. The monoisotopic (exact) mass is 334 g/mol. The Morgan fingerprint density at radius 2 is 1.60 bits per heavy atom. The van der Waals surface area contributed by atoms with E-state index in [9.17, 15) is 4.79 Å². The van der Waals surface area contributed by atoms with Crippen molar-refractivity contribution in [3.63, 3.8) is 0 Å². The van der Waals surface area contributed by atoms with E-state index in [0.717, 1.165) is 28.1 Å². The molecule has 0 amide bonds. The van der Waals surface area contributed by atoms with Crippen molar-refractivity contribution in [3.05, 3.63) is 65.9 Å². The molecule has 0 aliphatic rings. The SMILES string of the molecule is N=C(N)c1ccc(-c2ccc(-c3cc(CCC(=O)O)[nH]n3)cc2)cc1. The summed E-state index contributed by atoms with van der Waals surface area (Å²) in [5.74, 6) is -0.768.